The van der Waals surface area contributed by atoms with Gasteiger partial charge in [-0.15, -0.1) is 0 Å². The van der Waals surface area contributed by atoms with Crippen molar-refractivity contribution in [3.8, 4) is 0 Å². The molecule has 0 aromatic carbocycles. The summed E-state index contributed by atoms with van der Waals surface area (Å²) in [5, 5.41) is 5.13. The summed E-state index contributed by atoms with van der Waals surface area (Å²) in [5.41, 5.74) is -0.962. The largest absolute Gasteiger partial charge is 0.417 e. The maximum Gasteiger partial charge on any atom is 0.417 e. The van der Waals surface area contributed by atoms with Gasteiger partial charge in [0.15, 0.2) is 0 Å². The lowest BCUT2D eigenvalue weighted by molar-refractivity contribution is -0.147. The number of fused-ring (bicyclic) bond motifs is 1. The first-order valence-electron chi connectivity index (χ1n) is 9.37. The predicted molar refractivity (Wildman–Crippen MR) is 102 cm³/mol. The summed E-state index contributed by atoms with van der Waals surface area (Å²) in [5.74, 6) is -1.95. The van der Waals surface area contributed by atoms with Gasteiger partial charge in [0, 0.05) is 19.3 Å². The zero-order chi connectivity index (χ0) is 22.1. The monoisotopic (exact) mass is 444 g/mol. The van der Waals surface area contributed by atoms with Crippen LogP contribution >= 0.6 is 11.6 Å². The zero-order valence-corrected chi connectivity index (χ0v) is 16.8. The first-order valence-corrected chi connectivity index (χ1v) is 9.75. The number of alkyl halides is 3. The average Bonchev–Trinajstić information content (AvgIpc) is 2.95. The molecule has 1 fully saturated rings. The minimum Gasteiger partial charge on any atom is -0.367 e. The second-order valence-corrected chi connectivity index (χ2v) is 7.56. The van der Waals surface area contributed by atoms with Crippen molar-refractivity contribution < 1.29 is 27.6 Å². The Balaban J connectivity index is 1.50. The molecule has 1 aliphatic heterocycles. The number of pyridine rings is 1. The third-order valence-electron chi connectivity index (χ3n) is 5.19. The summed E-state index contributed by atoms with van der Waals surface area (Å²) in [6.07, 6.45) is 0.833. The lowest BCUT2D eigenvalue weighted by Crippen LogP contribution is -2.49. The van der Waals surface area contributed by atoms with Gasteiger partial charge in [-0.2, -0.15) is 13.2 Å². The zero-order valence-electron chi connectivity index (χ0n) is 16.0. The third-order valence-corrected chi connectivity index (χ3v) is 5.48. The Morgan fingerprint density at radius 1 is 1.23 bits per heavy atom. The van der Waals surface area contributed by atoms with E-state index in [1.807, 2.05) is 12.2 Å². The molecule has 3 amide bonds. The van der Waals surface area contributed by atoms with Gasteiger partial charge in [-0.1, -0.05) is 23.8 Å². The highest BCUT2D eigenvalue weighted by molar-refractivity contribution is 6.33. The molecule has 1 saturated heterocycles. The van der Waals surface area contributed by atoms with E-state index < -0.39 is 35.5 Å². The lowest BCUT2D eigenvalue weighted by Gasteiger charge is -2.22. The van der Waals surface area contributed by atoms with E-state index in [-0.39, 0.29) is 35.7 Å². The van der Waals surface area contributed by atoms with Crippen molar-refractivity contribution in [2.24, 2.45) is 11.8 Å². The molecule has 11 heteroatoms. The highest BCUT2D eigenvalue weighted by Crippen LogP contribution is 2.36. The van der Waals surface area contributed by atoms with Crippen LogP contribution in [0.4, 0.5) is 19.0 Å². The molecule has 2 N–H and O–H groups in total. The number of aromatic nitrogens is 1. The first-order chi connectivity index (χ1) is 14.1. The summed E-state index contributed by atoms with van der Waals surface area (Å²) in [6.45, 7) is 1.71. The van der Waals surface area contributed by atoms with E-state index in [2.05, 4.69) is 15.6 Å². The molecule has 1 aromatic rings. The van der Waals surface area contributed by atoms with Crippen LogP contribution in [-0.4, -0.2) is 46.7 Å². The van der Waals surface area contributed by atoms with Crippen LogP contribution in [0.25, 0.3) is 0 Å². The fraction of sp³-hybridized carbons (Fsp3) is 0.474. The molecule has 1 aromatic heterocycles. The number of nitrogens with zero attached hydrogens (tertiary/aromatic N) is 2. The van der Waals surface area contributed by atoms with Crippen LogP contribution in [-0.2, 0) is 20.6 Å². The number of halogens is 4. The van der Waals surface area contributed by atoms with Gasteiger partial charge < -0.3 is 10.6 Å². The second-order valence-electron chi connectivity index (χ2n) is 7.15. The van der Waals surface area contributed by atoms with Crippen LogP contribution in [0.15, 0.2) is 24.4 Å². The van der Waals surface area contributed by atoms with E-state index in [0.29, 0.717) is 19.0 Å². The van der Waals surface area contributed by atoms with Crippen molar-refractivity contribution in [1.82, 2.24) is 15.2 Å². The molecular weight excluding hydrogens is 425 g/mol. The van der Waals surface area contributed by atoms with Gasteiger partial charge in [0.1, 0.15) is 11.9 Å². The number of anilines is 1. The lowest BCUT2D eigenvalue weighted by atomic mass is 9.85. The number of amides is 3. The van der Waals surface area contributed by atoms with E-state index in [9.17, 15) is 27.6 Å². The minimum atomic E-state index is -4.54. The number of nitrogens with one attached hydrogen (secondary N) is 2. The Kier molecular flexibility index (Phi) is 6.35. The summed E-state index contributed by atoms with van der Waals surface area (Å²) in [6, 6.07) is -0.195. The Hall–Kier alpha value is -2.62. The van der Waals surface area contributed by atoms with Gasteiger partial charge >= 0.3 is 6.18 Å². The molecule has 0 radical (unpaired) electrons. The molecule has 2 aliphatic rings. The quantitative estimate of drug-likeness (QED) is 0.400. The number of likely N-dealkylation sites (tertiary alicyclic amines) is 1. The standard InChI is InChI=1S/C19H20ClF3N4O3/c1-10(27-17(29)12-4-2-3-5-13(12)18(27)30)16(28)25-7-6-24-15-14(20)8-11(9-26-15)19(21,22)23/h2-3,8-10,12-13H,4-7H2,1H3,(H,24,26)(H,25,28)/t10-,12+,13+/m1/s1. The highest BCUT2D eigenvalue weighted by Gasteiger charge is 2.50. The third kappa shape index (κ3) is 4.43. The van der Waals surface area contributed by atoms with Crippen LogP contribution < -0.4 is 10.6 Å². The highest BCUT2D eigenvalue weighted by atomic mass is 35.5. The molecule has 0 spiro atoms. The van der Waals surface area contributed by atoms with E-state index in [4.69, 9.17) is 11.6 Å². The van der Waals surface area contributed by atoms with Crippen LogP contribution in [0, 0.1) is 11.8 Å². The van der Waals surface area contributed by atoms with Crippen LogP contribution in [0.1, 0.15) is 25.3 Å². The van der Waals surface area contributed by atoms with Gasteiger partial charge in [-0.3, -0.25) is 19.3 Å². The number of carbonyl (C=O) groups is 3. The van der Waals surface area contributed by atoms with E-state index >= 15 is 0 Å². The smallest absolute Gasteiger partial charge is 0.367 e. The molecular formula is C19H20ClF3N4O3. The summed E-state index contributed by atoms with van der Waals surface area (Å²) in [7, 11) is 0. The fourth-order valence-electron chi connectivity index (χ4n) is 3.56. The van der Waals surface area contributed by atoms with Gasteiger partial charge in [-0.25, -0.2) is 4.98 Å². The average molecular weight is 445 g/mol. The summed E-state index contributed by atoms with van der Waals surface area (Å²) < 4.78 is 37.9. The molecule has 1 aliphatic carbocycles. The maximum atomic E-state index is 12.6. The van der Waals surface area contributed by atoms with Gasteiger partial charge in [0.2, 0.25) is 17.7 Å². The Bertz CT molecular complexity index is 864. The molecule has 3 rings (SSSR count). The van der Waals surface area contributed by atoms with Gasteiger partial charge in [0.05, 0.1) is 22.4 Å². The van der Waals surface area contributed by atoms with Crippen molar-refractivity contribution in [3.05, 3.63) is 35.0 Å². The summed E-state index contributed by atoms with van der Waals surface area (Å²) >= 11 is 5.81. The fourth-order valence-corrected chi connectivity index (χ4v) is 3.80. The van der Waals surface area contributed by atoms with Gasteiger partial charge in [-0.05, 0) is 25.8 Å². The number of imide groups is 1. The molecule has 7 nitrogen and oxygen atoms in total. The molecule has 0 saturated carbocycles. The Morgan fingerprint density at radius 2 is 1.83 bits per heavy atom. The number of carbonyl (C=O) groups excluding carboxylic acids is 3. The number of rotatable bonds is 6. The number of hydrogen-bond donors (Lipinski definition) is 2. The Morgan fingerprint density at radius 3 is 2.37 bits per heavy atom. The first kappa shape index (κ1) is 22.1. The maximum absolute atomic E-state index is 12.6. The van der Waals surface area contributed by atoms with Crippen LogP contribution in [0.3, 0.4) is 0 Å². The molecule has 30 heavy (non-hydrogen) atoms. The summed E-state index contributed by atoms with van der Waals surface area (Å²) in [4.78, 5) is 42.1. The van der Waals surface area contributed by atoms with Crippen molar-refractivity contribution in [3.63, 3.8) is 0 Å². The predicted octanol–water partition coefficient (Wildman–Crippen LogP) is 2.62. The van der Waals surface area contributed by atoms with Crippen LogP contribution in [0.2, 0.25) is 5.02 Å². The van der Waals surface area contributed by atoms with Crippen LogP contribution in [0.5, 0.6) is 0 Å². The van der Waals surface area contributed by atoms with Crippen molar-refractivity contribution in [2.75, 3.05) is 18.4 Å². The molecule has 162 valence electrons. The second kappa shape index (κ2) is 8.63. The molecule has 3 atom stereocenters. The number of hydrogen-bond acceptors (Lipinski definition) is 5. The normalized spacial score (nSPS) is 22.1. The van der Waals surface area contributed by atoms with Gasteiger partial charge in [0.25, 0.3) is 0 Å². The van der Waals surface area contributed by atoms with E-state index in [1.54, 1.807) is 0 Å². The van der Waals surface area contributed by atoms with E-state index in [1.165, 1.54) is 6.92 Å². The van der Waals surface area contributed by atoms with Crippen molar-refractivity contribution in [1.29, 1.82) is 0 Å². The Labute approximate surface area is 175 Å². The van der Waals surface area contributed by atoms with Crippen molar-refractivity contribution in [2.45, 2.75) is 32.0 Å². The SMILES string of the molecule is C[C@H](C(=O)NCCNc1ncc(C(F)(F)F)cc1Cl)N1C(=O)[C@H]2CC=CC[C@@H]2C1=O. The topological polar surface area (TPSA) is 91.4 Å². The molecule has 0 bridgehead atoms. The minimum absolute atomic E-state index is 0.0495. The van der Waals surface area contributed by atoms with E-state index in [0.717, 1.165) is 11.0 Å². The molecule has 2 heterocycles. The number of allylic oxidation sites excluding steroid dienone is 2. The van der Waals surface area contributed by atoms with Crippen molar-refractivity contribution >= 4 is 35.1 Å². The molecule has 0 unspecified atom stereocenters.